The molecule has 2 saturated heterocycles. The Morgan fingerprint density at radius 1 is 1.17 bits per heavy atom. The normalized spacial score (nSPS) is 27.6. The van der Waals surface area contributed by atoms with Gasteiger partial charge in [0.05, 0.1) is 6.54 Å². The lowest BCUT2D eigenvalue weighted by Gasteiger charge is -2.33. The van der Waals surface area contributed by atoms with Gasteiger partial charge in [-0.1, -0.05) is 0 Å². The third-order valence-electron chi connectivity index (χ3n) is 4.10. The molecule has 0 aromatic rings. The van der Waals surface area contributed by atoms with Gasteiger partial charge in [-0.2, -0.15) is 0 Å². The van der Waals surface area contributed by atoms with Crippen LogP contribution in [0.25, 0.3) is 0 Å². The summed E-state index contributed by atoms with van der Waals surface area (Å²) in [6, 6.07) is 1.31. The molecule has 2 heterocycles. The minimum atomic E-state index is 0.124. The van der Waals surface area contributed by atoms with Crippen LogP contribution in [0.1, 0.15) is 19.3 Å². The zero-order valence-corrected chi connectivity index (χ0v) is 11.6. The van der Waals surface area contributed by atoms with Gasteiger partial charge in [0, 0.05) is 38.8 Å². The maximum absolute atomic E-state index is 11.3. The molecule has 0 spiro atoms. The highest BCUT2D eigenvalue weighted by molar-refractivity contribution is 5.77. The van der Waals surface area contributed by atoms with Gasteiger partial charge in [0.25, 0.3) is 0 Å². The molecule has 0 bridgehead atoms. The Balaban J connectivity index is 1.65. The molecule has 0 aromatic heterocycles. The third-order valence-corrected chi connectivity index (χ3v) is 4.10. The lowest BCUT2D eigenvalue weighted by atomic mass is 10.0. The quantitative estimate of drug-likeness (QED) is 0.709. The number of rotatable bonds is 4. The molecule has 5 heteroatoms. The van der Waals surface area contributed by atoms with E-state index in [2.05, 4.69) is 27.5 Å². The highest BCUT2D eigenvalue weighted by Gasteiger charge is 2.25. The van der Waals surface area contributed by atoms with Gasteiger partial charge in [-0.05, 0) is 32.9 Å². The van der Waals surface area contributed by atoms with E-state index in [1.165, 1.54) is 19.5 Å². The van der Waals surface area contributed by atoms with E-state index in [4.69, 9.17) is 0 Å². The number of nitrogens with one attached hydrogen (secondary N) is 2. The molecule has 0 aromatic carbocycles. The molecule has 2 aliphatic heterocycles. The Kier molecular flexibility index (Phi) is 4.97. The number of hydrogen-bond donors (Lipinski definition) is 2. The summed E-state index contributed by atoms with van der Waals surface area (Å²) in [6.07, 6.45) is 3.60. The van der Waals surface area contributed by atoms with Crippen molar-refractivity contribution in [2.45, 2.75) is 31.3 Å². The van der Waals surface area contributed by atoms with E-state index >= 15 is 0 Å². The Labute approximate surface area is 110 Å². The summed E-state index contributed by atoms with van der Waals surface area (Å²) >= 11 is 0. The first kappa shape index (κ1) is 13.8. The summed E-state index contributed by atoms with van der Waals surface area (Å²) in [5.41, 5.74) is 0. The van der Waals surface area contributed by atoms with Crippen molar-refractivity contribution in [3.8, 4) is 0 Å². The van der Waals surface area contributed by atoms with Crippen molar-refractivity contribution in [1.29, 1.82) is 0 Å². The number of likely N-dealkylation sites (tertiary alicyclic amines) is 2. The predicted octanol–water partition coefficient (Wildman–Crippen LogP) is -0.509. The molecule has 2 aliphatic rings. The van der Waals surface area contributed by atoms with Crippen molar-refractivity contribution in [1.82, 2.24) is 20.4 Å². The Hall–Kier alpha value is -0.650. The topological polar surface area (TPSA) is 47.6 Å². The molecule has 1 unspecified atom stereocenters. The number of piperidine rings is 1. The molecule has 0 aliphatic carbocycles. The molecular weight excluding hydrogens is 228 g/mol. The molecule has 5 nitrogen and oxygen atoms in total. The fraction of sp³-hybridized carbons (Fsp3) is 0.923. The molecule has 0 saturated carbocycles. The van der Waals surface area contributed by atoms with E-state index in [-0.39, 0.29) is 5.91 Å². The SMILES string of the molecule is CNC(=O)CN1CCC(NC2CCN(C)C2)CC1. The average Bonchev–Trinajstić information content (AvgIpc) is 2.77. The lowest BCUT2D eigenvalue weighted by molar-refractivity contribution is -0.122. The van der Waals surface area contributed by atoms with Gasteiger partial charge >= 0.3 is 0 Å². The van der Waals surface area contributed by atoms with Crippen LogP contribution in [0.3, 0.4) is 0 Å². The van der Waals surface area contributed by atoms with Crippen LogP contribution in [0.4, 0.5) is 0 Å². The second-order valence-electron chi connectivity index (χ2n) is 5.64. The van der Waals surface area contributed by atoms with Crippen LogP contribution in [-0.4, -0.2) is 74.6 Å². The summed E-state index contributed by atoms with van der Waals surface area (Å²) in [5, 5.41) is 6.45. The van der Waals surface area contributed by atoms with Crippen molar-refractivity contribution in [2.75, 3.05) is 46.8 Å². The van der Waals surface area contributed by atoms with E-state index in [9.17, 15) is 4.79 Å². The van der Waals surface area contributed by atoms with Gasteiger partial charge in [0.2, 0.25) is 5.91 Å². The molecular formula is C13H26N4O. The van der Waals surface area contributed by atoms with Gasteiger partial charge in [-0.3, -0.25) is 9.69 Å². The summed E-state index contributed by atoms with van der Waals surface area (Å²) < 4.78 is 0. The first-order valence-electron chi connectivity index (χ1n) is 7.05. The molecule has 2 rings (SSSR count). The van der Waals surface area contributed by atoms with Crippen LogP contribution < -0.4 is 10.6 Å². The Morgan fingerprint density at radius 2 is 1.83 bits per heavy atom. The smallest absolute Gasteiger partial charge is 0.233 e. The highest BCUT2D eigenvalue weighted by Crippen LogP contribution is 2.14. The standard InChI is InChI=1S/C13H26N4O/c1-14-13(18)10-17-7-4-11(5-8-17)15-12-3-6-16(2)9-12/h11-12,15H,3-10H2,1-2H3,(H,14,18). The number of carbonyl (C=O) groups is 1. The van der Waals surface area contributed by atoms with Crippen molar-refractivity contribution >= 4 is 5.91 Å². The number of hydrogen-bond acceptors (Lipinski definition) is 4. The van der Waals surface area contributed by atoms with Crippen LogP contribution in [0.5, 0.6) is 0 Å². The summed E-state index contributed by atoms with van der Waals surface area (Å²) in [4.78, 5) is 15.9. The zero-order valence-electron chi connectivity index (χ0n) is 11.6. The van der Waals surface area contributed by atoms with E-state index in [0.29, 0.717) is 18.6 Å². The second kappa shape index (κ2) is 6.50. The number of carbonyl (C=O) groups excluding carboxylic acids is 1. The maximum Gasteiger partial charge on any atom is 0.233 e. The monoisotopic (exact) mass is 254 g/mol. The number of amides is 1. The van der Waals surface area contributed by atoms with E-state index in [1.807, 2.05) is 0 Å². The van der Waals surface area contributed by atoms with Gasteiger partial charge in [-0.15, -0.1) is 0 Å². The van der Waals surface area contributed by atoms with Gasteiger partial charge in [0.1, 0.15) is 0 Å². The molecule has 2 fully saturated rings. The van der Waals surface area contributed by atoms with Gasteiger partial charge in [-0.25, -0.2) is 0 Å². The largest absolute Gasteiger partial charge is 0.358 e. The lowest BCUT2D eigenvalue weighted by Crippen LogP contribution is -2.48. The minimum Gasteiger partial charge on any atom is -0.358 e. The summed E-state index contributed by atoms with van der Waals surface area (Å²) in [6.45, 7) is 5.02. The van der Waals surface area contributed by atoms with E-state index in [1.54, 1.807) is 7.05 Å². The van der Waals surface area contributed by atoms with Crippen LogP contribution in [-0.2, 0) is 4.79 Å². The van der Waals surface area contributed by atoms with Crippen molar-refractivity contribution in [2.24, 2.45) is 0 Å². The Bertz CT molecular complexity index is 276. The predicted molar refractivity (Wildman–Crippen MR) is 72.6 cm³/mol. The molecule has 0 radical (unpaired) electrons. The van der Waals surface area contributed by atoms with E-state index in [0.717, 1.165) is 25.9 Å². The average molecular weight is 254 g/mol. The van der Waals surface area contributed by atoms with Gasteiger partial charge in [0.15, 0.2) is 0 Å². The van der Waals surface area contributed by atoms with Crippen LogP contribution in [0.15, 0.2) is 0 Å². The van der Waals surface area contributed by atoms with Crippen LogP contribution in [0.2, 0.25) is 0 Å². The van der Waals surface area contributed by atoms with Gasteiger partial charge < -0.3 is 15.5 Å². The fourth-order valence-electron chi connectivity index (χ4n) is 2.94. The van der Waals surface area contributed by atoms with Crippen molar-refractivity contribution < 1.29 is 4.79 Å². The van der Waals surface area contributed by atoms with Crippen molar-refractivity contribution in [3.63, 3.8) is 0 Å². The first-order valence-corrected chi connectivity index (χ1v) is 7.05. The minimum absolute atomic E-state index is 0.124. The maximum atomic E-state index is 11.3. The molecule has 2 N–H and O–H groups in total. The van der Waals surface area contributed by atoms with E-state index < -0.39 is 0 Å². The second-order valence-corrected chi connectivity index (χ2v) is 5.64. The molecule has 1 atom stereocenters. The summed E-state index contributed by atoms with van der Waals surface area (Å²) in [5.74, 6) is 0.124. The molecule has 18 heavy (non-hydrogen) atoms. The highest BCUT2D eigenvalue weighted by atomic mass is 16.1. The third kappa shape index (κ3) is 3.93. The number of nitrogens with zero attached hydrogens (tertiary/aromatic N) is 2. The fourth-order valence-corrected chi connectivity index (χ4v) is 2.94. The molecule has 1 amide bonds. The van der Waals surface area contributed by atoms with Crippen LogP contribution >= 0.6 is 0 Å². The van der Waals surface area contributed by atoms with Crippen molar-refractivity contribution in [3.05, 3.63) is 0 Å². The zero-order chi connectivity index (χ0) is 13.0. The molecule has 104 valence electrons. The van der Waals surface area contributed by atoms with Crippen LogP contribution in [0, 0.1) is 0 Å². The Morgan fingerprint density at radius 3 is 2.39 bits per heavy atom. The number of likely N-dealkylation sites (N-methyl/N-ethyl adjacent to an activating group) is 2. The summed E-state index contributed by atoms with van der Waals surface area (Å²) in [7, 11) is 3.89. The first-order chi connectivity index (χ1) is 8.67.